The molecule has 0 aliphatic heterocycles. The number of fused-ring (bicyclic) bond motifs is 1. The number of carbonyl (C=O) groups is 1. The van der Waals surface area contributed by atoms with E-state index in [-0.39, 0.29) is 5.69 Å². The van der Waals surface area contributed by atoms with Gasteiger partial charge in [0.1, 0.15) is 5.82 Å². The van der Waals surface area contributed by atoms with Crippen LogP contribution in [0, 0.1) is 13.8 Å². The molecule has 2 aromatic rings. The van der Waals surface area contributed by atoms with Crippen molar-refractivity contribution in [1.29, 1.82) is 0 Å². The van der Waals surface area contributed by atoms with E-state index in [1.807, 2.05) is 0 Å². The average Bonchev–Trinajstić information content (AvgIpc) is 2.48. The number of aryl methyl sites for hydroxylation is 2. The predicted octanol–water partition coefficient (Wildman–Crippen LogP) is 0.439. The standard InChI is InChI=1S/C8H8N4O2/c1-4-7-11-10-5(2)12(7)3-6(9-4)8(13)14/h3H,1-2H3,(H,13,14). The Labute approximate surface area is 79.2 Å². The van der Waals surface area contributed by atoms with E-state index >= 15 is 0 Å². The SMILES string of the molecule is Cc1nc(C(=O)O)cn2c(C)nnc12. The molecule has 6 heteroatoms. The van der Waals surface area contributed by atoms with Crippen LogP contribution in [0.1, 0.15) is 22.0 Å². The molecular formula is C8H8N4O2. The lowest BCUT2D eigenvalue weighted by molar-refractivity contribution is 0.0689. The second-order valence-corrected chi connectivity index (χ2v) is 2.96. The largest absolute Gasteiger partial charge is 0.476 e. The molecule has 14 heavy (non-hydrogen) atoms. The smallest absolute Gasteiger partial charge is 0.356 e. The van der Waals surface area contributed by atoms with Crippen molar-refractivity contribution in [2.75, 3.05) is 0 Å². The maximum Gasteiger partial charge on any atom is 0.356 e. The predicted molar refractivity (Wildman–Crippen MR) is 47.2 cm³/mol. The Hall–Kier alpha value is -1.98. The number of carboxylic acids is 1. The molecule has 0 spiro atoms. The molecule has 0 amide bonds. The zero-order chi connectivity index (χ0) is 10.3. The van der Waals surface area contributed by atoms with E-state index in [0.29, 0.717) is 17.2 Å². The fourth-order valence-electron chi connectivity index (χ4n) is 1.26. The summed E-state index contributed by atoms with van der Waals surface area (Å²) in [5, 5.41) is 16.5. The third-order valence-electron chi connectivity index (χ3n) is 1.95. The maximum absolute atomic E-state index is 10.7. The van der Waals surface area contributed by atoms with E-state index < -0.39 is 5.97 Å². The van der Waals surface area contributed by atoms with Crippen LogP contribution in [0.5, 0.6) is 0 Å². The van der Waals surface area contributed by atoms with Gasteiger partial charge in [0.2, 0.25) is 0 Å². The second kappa shape index (κ2) is 2.76. The van der Waals surface area contributed by atoms with E-state index in [2.05, 4.69) is 15.2 Å². The summed E-state index contributed by atoms with van der Waals surface area (Å²) in [6, 6.07) is 0. The van der Waals surface area contributed by atoms with E-state index in [0.717, 1.165) is 0 Å². The highest BCUT2D eigenvalue weighted by atomic mass is 16.4. The lowest BCUT2D eigenvalue weighted by Crippen LogP contribution is -2.05. The number of nitrogens with zero attached hydrogens (tertiary/aromatic N) is 4. The third-order valence-corrected chi connectivity index (χ3v) is 1.95. The molecule has 2 aromatic heterocycles. The fourth-order valence-corrected chi connectivity index (χ4v) is 1.26. The van der Waals surface area contributed by atoms with Crippen LogP contribution in [0.15, 0.2) is 6.20 Å². The van der Waals surface area contributed by atoms with Gasteiger partial charge in [0.25, 0.3) is 0 Å². The summed E-state index contributed by atoms with van der Waals surface area (Å²) in [5.41, 5.74) is 1.15. The van der Waals surface area contributed by atoms with Gasteiger partial charge in [-0.25, -0.2) is 9.78 Å². The monoisotopic (exact) mass is 192 g/mol. The molecule has 0 unspecified atom stereocenters. The van der Waals surface area contributed by atoms with Gasteiger partial charge in [-0.1, -0.05) is 0 Å². The zero-order valence-corrected chi connectivity index (χ0v) is 7.72. The Bertz CT molecular complexity index is 517. The first kappa shape index (κ1) is 8.61. The lowest BCUT2D eigenvalue weighted by Gasteiger charge is -1.99. The van der Waals surface area contributed by atoms with E-state index in [1.165, 1.54) is 6.20 Å². The molecule has 2 heterocycles. The number of hydrogen-bond donors (Lipinski definition) is 1. The quantitative estimate of drug-likeness (QED) is 0.709. The van der Waals surface area contributed by atoms with Crippen molar-refractivity contribution in [2.24, 2.45) is 0 Å². The van der Waals surface area contributed by atoms with Crippen LogP contribution in [0.25, 0.3) is 5.65 Å². The number of carboxylic acid groups (broad SMARTS) is 1. The minimum atomic E-state index is -1.05. The molecule has 0 aliphatic carbocycles. The van der Waals surface area contributed by atoms with E-state index in [4.69, 9.17) is 5.11 Å². The van der Waals surface area contributed by atoms with Gasteiger partial charge in [0.05, 0.1) is 5.69 Å². The summed E-state index contributed by atoms with van der Waals surface area (Å²) >= 11 is 0. The van der Waals surface area contributed by atoms with Crippen LogP contribution in [-0.2, 0) is 0 Å². The molecule has 0 atom stereocenters. The van der Waals surface area contributed by atoms with Gasteiger partial charge in [-0.15, -0.1) is 10.2 Å². The van der Waals surface area contributed by atoms with Crippen molar-refractivity contribution < 1.29 is 9.90 Å². The summed E-state index contributed by atoms with van der Waals surface area (Å²) in [5.74, 6) is -0.406. The molecule has 0 fully saturated rings. The molecule has 6 nitrogen and oxygen atoms in total. The minimum Gasteiger partial charge on any atom is -0.476 e. The van der Waals surface area contributed by atoms with Gasteiger partial charge in [-0.3, -0.25) is 4.40 Å². The minimum absolute atomic E-state index is 0.00194. The second-order valence-electron chi connectivity index (χ2n) is 2.96. The molecule has 0 aliphatic rings. The molecule has 0 aromatic carbocycles. The van der Waals surface area contributed by atoms with Crippen LogP contribution >= 0.6 is 0 Å². The highest BCUT2D eigenvalue weighted by Crippen LogP contribution is 2.08. The summed E-state index contributed by atoms with van der Waals surface area (Å²) in [4.78, 5) is 14.6. The summed E-state index contributed by atoms with van der Waals surface area (Å²) in [7, 11) is 0. The number of rotatable bonds is 1. The van der Waals surface area contributed by atoms with Gasteiger partial charge < -0.3 is 5.11 Å². The van der Waals surface area contributed by atoms with Crippen LogP contribution in [0.2, 0.25) is 0 Å². The summed E-state index contributed by atoms with van der Waals surface area (Å²) in [6.45, 7) is 3.46. The molecule has 72 valence electrons. The average molecular weight is 192 g/mol. The highest BCUT2D eigenvalue weighted by Gasteiger charge is 2.11. The van der Waals surface area contributed by atoms with Crippen molar-refractivity contribution in [3.63, 3.8) is 0 Å². The van der Waals surface area contributed by atoms with Gasteiger partial charge in [0.15, 0.2) is 11.3 Å². The first-order chi connectivity index (χ1) is 6.59. The van der Waals surface area contributed by atoms with Crippen LogP contribution < -0.4 is 0 Å². The molecular weight excluding hydrogens is 184 g/mol. The Kier molecular flexibility index (Phi) is 1.70. The molecule has 0 radical (unpaired) electrons. The number of aromatic nitrogens is 4. The molecule has 1 N–H and O–H groups in total. The summed E-state index contributed by atoms with van der Waals surface area (Å²) < 4.78 is 1.62. The zero-order valence-electron chi connectivity index (χ0n) is 7.72. The Morgan fingerprint density at radius 1 is 1.43 bits per heavy atom. The molecule has 2 rings (SSSR count). The van der Waals surface area contributed by atoms with Gasteiger partial charge in [-0.05, 0) is 13.8 Å². The third kappa shape index (κ3) is 1.12. The lowest BCUT2D eigenvalue weighted by atomic mass is 10.4. The van der Waals surface area contributed by atoms with Gasteiger partial charge in [-0.2, -0.15) is 0 Å². The Morgan fingerprint density at radius 2 is 2.14 bits per heavy atom. The molecule has 0 saturated carbocycles. The van der Waals surface area contributed by atoms with Crippen LogP contribution in [-0.4, -0.2) is 30.7 Å². The molecule has 0 bridgehead atoms. The van der Waals surface area contributed by atoms with Crippen molar-refractivity contribution in [3.8, 4) is 0 Å². The van der Waals surface area contributed by atoms with Crippen molar-refractivity contribution >= 4 is 11.6 Å². The Morgan fingerprint density at radius 3 is 2.79 bits per heavy atom. The molecule has 0 saturated heterocycles. The first-order valence-corrected chi connectivity index (χ1v) is 4.02. The van der Waals surface area contributed by atoms with Crippen LogP contribution in [0.3, 0.4) is 0 Å². The van der Waals surface area contributed by atoms with Gasteiger partial charge >= 0.3 is 5.97 Å². The summed E-state index contributed by atoms with van der Waals surface area (Å²) in [6.07, 6.45) is 1.42. The first-order valence-electron chi connectivity index (χ1n) is 4.02. The number of aromatic carboxylic acids is 1. The van der Waals surface area contributed by atoms with E-state index in [9.17, 15) is 4.79 Å². The normalized spacial score (nSPS) is 10.7. The fraction of sp³-hybridized carbons (Fsp3) is 0.250. The topological polar surface area (TPSA) is 80.4 Å². The highest BCUT2D eigenvalue weighted by molar-refractivity contribution is 5.85. The number of hydrogen-bond acceptors (Lipinski definition) is 4. The van der Waals surface area contributed by atoms with Crippen molar-refractivity contribution in [2.45, 2.75) is 13.8 Å². The van der Waals surface area contributed by atoms with Crippen molar-refractivity contribution in [3.05, 3.63) is 23.4 Å². The van der Waals surface area contributed by atoms with Gasteiger partial charge in [0, 0.05) is 6.20 Å². The van der Waals surface area contributed by atoms with Crippen molar-refractivity contribution in [1.82, 2.24) is 19.6 Å². The van der Waals surface area contributed by atoms with Crippen LogP contribution in [0.4, 0.5) is 0 Å². The van der Waals surface area contributed by atoms with E-state index in [1.54, 1.807) is 18.2 Å². The Balaban J connectivity index is 2.82. The maximum atomic E-state index is 10.7.